The van der Waals surface area contributed by atoms with E-state index < -0.39 is 0 Å². The van der Waals surface area contributed by atoms with E-state index in [9.17, 15) is 4.79 Å². The molecule has 0 radical (unpaired) electrons. The van der Waals surface area contributed by atoms with Crippen LogP contribution in [0.15, 0.2) is 40.1 Å². The topological polar surface area (TPSA) is 50.5 Å². The summed E-state index contributed by atoms with van der Waals surface area (Å²) >= 11 is 0. The van der Waals surface area contributed by atoms with Crippen LogP contribution < -0.4 is 5.56 Å². The molecule has 0 bridgehead atoms. The highest BCUT2D eigenvalue weighted by Gasteiger charge is 2.23. The maximum Gasteiger partial charge on any atom is 0.261 e. The lowest BCUT2D eigenvalue weighted by molar-refractivity contribution is 0.222. The van der Waals surface area contributed by atoms with Crippen molar-refractivity contribution in [3.8, 4) is 11.8 Å². The van der Waals surface area contributed by atoms with Crippen molar-refractivity contribution in [1.29, 1.82) is 0 Å². The van der Waals surface area contributed by atoms with Gasteiger partial charge in [0.05, 0.1) is 17.4 Å². The summed E-state index contributed by atoms with van der Waals surface area (Å²) in [6, 6.07) is 5.73. The molecule has 1 aromatic heterocycles. The van der Waals surface area contributed by atoms with E-state index in [1.807, 2.05) is 69.7 Å². The van der Waals surface area contributed by atoms with E-state index in [2.05, 4.69) is 28.7 Å². The van der Waals surface area contributed by atoms with Crippen LogP contribution in [0.25, 0.3) is 10.9 Å². The van der Waals surface area contributed by atoms with Crippen molar-refractivity contribution in [1.82, 2.24) is 14.5 Å². The van der Waals surface area contributed by atoms with Gasteiger partial charge in [0, 0.05) is 24.7 Å². The van der Waals surface area contributed by atoms with Crippen LogP contribution in [0.5, 0.6) is 0 Å². The Labute approximate surface area is 167 Å². The number of fused-ring (bicyclic) bond motifs is 2. The molecule has 0 aliphatic carbocycles. The zero-order valence-electron chi connectivity index (χ0n) is 17.8. The molecule has 0 spiro atoms. The molecule has 148 valence electrons. The number of rotatable bonds is 2. The van der Waals surface area contributed by atoms with Gasteiger partial charge in [0.2, 0.25) is 0 Å². The lowest BCUT2D eigenvalue weighted by Crippen LogP contribution is -2.40. The molecular formula is C23H30N4O. The molecule has 0 saturated heterocycles. The van der Waals surface area contributed by atoms with Crippen molar-refractivity contribution in [3.05, 3.63) is 52.1 Å². The van der Waals surface area contributed by atoms with Crippen molar-refractivity contribution >= 4 is 16.6 Å². The Morgan fingerprint density at radius 3 is 2.82 bits per heavy atom. The molecule has 28 heavy (non-hydrogen) atoms. The molecule has 5 heteroatoms. The van der Waals surface area contributed by atoms with Gasteiger partial charge in [-0.25, -0.2) is 4.98 Å². The second-order valence-electron chi connectivity index (χ2n) is 6.59. The Bertz CT molecular complexity index is 1000. The number of hydrogen-bond acceptors (Lipinski definition) is 4. The van der Waals surface area contributed by atoms with Gasteiger partial charge in [0.25, 0.3) is 5.56 Å². The third-order valence-electron chi connectivity index (χ3n) is 4.39. The number of aromatic nitrogens is 2. The zero-order valence-corrected chi connectivity index (χ0v) is 17.8. The molecule has 2 aromatic rings. The Kier molecular flexibility index (Phi) is 7.71. The Morgan fingerprint density at radius 1 is 1.39 bits per heavy atom. The summed E-state index contributed by atoms with van der Waals surface area (Å²) in [5.41, 5.74) is 2.33. The average Bonchev–Trinajstić information content (AvgIpc) is 2.67. The minimum absolute atomic E-state index is 0.0345. The van der Waals surface area contributed by atoms with Crippen LogP contribution in [0.4, 0.5) is 0 Å². The minimum Gasteiger partial charge on any atom is -0.297 e. The van der Waals surface area contributed by atoms with Crippen LogP contribution in [0.2, 0.25) is 0 Å². The lowest BCUT2D eigenvalue weighted by atomic mass is 10.1. The summed E-state index contributed by atoms with van der Waals surface area (Å²) in [5, 5.41) is 0.645. The first-order valence-corrected chi connectivity index (χ1v) is 9.96. The molecule has 1 unspecified atom stereocenters. The molecule has 0 amide bonds. The first kappa shape index (κ1) is 21.6. The maximum absolute atomic E-state index is 12.9. The van der Waals surface area contributed by atoms with Gasteiger partial charge >= 0.3 is 0 Å². The molecule has 3 rings (SSSR count). The number of allylic oxidation sites excluding steroid dienone is 2. The summed E-state index contributed by atoms with van der Waals surface area (Å²) in [5.74, 6) is 7.04. The fraction of sp³-hybridized carbons (Fsp3) is 0.435. The molecule has 1 aliphatic heterocycles. The van der Waals surface area contributed by atoms with E-state index in [4.69, 9.17) is 4.98 Å². The van der Waals surface area contributed by atoms with E-state index in [1.54, 1.807) is 0 Å². The van der Waals surface area contributed by atoms with Crippen LogP contribution >= 0.6 is 0 Å². The molecule has 0 saturated carbocycles. The highest BCUT2D eigenvalue weighted by molar-refractivity contribution is 6.09. The molecular weight excluding hydrogens is 348 g/mol. The van der Waals surface area contributed by atoms with E-state index >= 15 is 0 Å². The van der Waals surface area contributed by atoms with Crippen molar-refractivity contribution < 1.29 is 0 Å². The van der Waals surface area contributed by atoms with E-state index in [0.29, 0.717) is 24.0 Å². The summed E-state index contributed by atoms with van der Waals surface area (Å²) in [6.45, 7) is 12.2. The zero-order chi connectivity index (χ0) is 20.7. The fourth-order valence-electron chi connectivity index (χ4n) is 3.33. The Morgan fingerprint density at radius 2 is 2.14 bits per heavy atom. The summed E-state index contributed by atoms with van der Waals surface area (Å²) in [4.78, 5) is 24.2. The first-order chi connectivity index (χ1) is 13.5. The quantitative estimate of drug-likeness (QED) is 0.590. The molecule has 0 N–H and O–H groups in total. The Hall–Kier alpha value is -2.71. The minimum atomic E-state index is 0.0345. The maximum atomic E-state index is 12.9. The number of aliphatic imine (C=N–C) groups is 1. The van der Waals surface area contributed by atoms with Gasteiger partial charge in [0.15, 0.2) is 0 Å². The predicted octanol–water partition coefficient (Wildman–Crippen LogP) is 3.82. The van der Waals surface area contributed by atoms with Crippen LogP contribution in [-0.4, -0.2) is 40.3 Å². The number of hydrogen-bond donors (Lipinski definition) is 0. The second-order valence-corrected chi connectivity index (χ2v) is 6.59. The highest BCUT2D eigenvalue weighted by Crippen LogP contribution is 2.19. The standard InChI is InChI=1S/C21H24N4O.C2H6/c1-5-7-17(22-6-2)10-8-16-9-11-18-19(12-16)23-20-14-24(4)13-15(3)25(20)21(18)26;1-2/h5,7,9,11-12,15H,6,13-14H2,1-4H3;1-2H3/b7-5-,22-17?;. The highest BCUT2D eigenvalue weighted by atomic mass is 16.1. The summed E-state index contributed by atoms with van der Waals surface area (Å²) < 4.78 is 1.83. The van der Waals surface area contributed by atoms with Crippen molar-refractivity contribution in [2.24, 2.45) is 4.99 Å². The Balaban J connectivity index is 0.00000136. The van der Waals surface area contributed by atoms with Gasteiger partial charge in [-0.15, -0.1) is 0 Å². The molecule has 5 nitrogen and oxygen atoms in total. The molecule has 0 fully saturated rings. The summed E-state index contributed by atoms with van der Waals surface area (Å²) in [7, 11) is 2.05. The van der Waals surface area contributed by atoms with Gasteiger partial charge in [0.1, 0.15) is 11.5 Å². The number of benzene rings is 1. The van der Waals surface area contributed by atoms with E-state index in [0.717, 1.165) is 23.6 Å². The third-order valence-corrected chi connectivity index (χ3v) is 4.39. The number of nitrogens with zero attached hydrogens (tertiary/aromatic N) is 4. The fourth-order valence-corrected chi connectivity index (χ4v) is 3.33. The molecule has 1 aromatic carbocycles. The van der Waals surface area contributed by atoms with Crippen molar-refractivity contribution in [2.45, 2.75) is 47.2 Å². The molecule has 1 aliphatic rings. The van der Waals surface area contributed by atoms with Crippen LogP contribution in [0.1, 0.15) is 52.0 Å². The van der Waals surface area contributed by atoms with Crippen LogP contribution in [0.3, 0.4) is 0 Å². The van der Waals surface area contributed by atoms with Gasteiger partial charge in [-0.05, 0) is 58.0 Å². The monoisotopic (exact) mass is 378 g/mol. The van der Waals surface area contributed by atoms with Gasteiger partial charge < -0.3 is 0 Å². The van der Waals surface area contributed by atoms with Gasteiger partial charge in [-0.2, -0.15) is 0 Å². The normalized spacial score (nSPS) is 16.9. The largest absolute Gasteiger partial charge is 0.297 e. The first-order valence-electron chi connectivity index (χ1n) is 9.96. The predicted molar refractivity (Wildman–Crippen MR) is 118 cm³/mol. The van der Waals surface area contributed by atoms with Crippen molar-refractivity contribution in [2.75, 3.05) is 20.1 Å². The van der Waals surface area contributed by atoms with Crippen LogP contribution in [-0.2, 0) is 6.54 Å². The van der Waals surface area contributed by atoms with E-state index in [1.165, 1.54) is 0 Å². The molecule has 1 atom stereocenters. The van der Waals surface area contributed by atoms with Crippen LogP contribution in [0, 0.1) is 11.8 Å². The van der Waals surface area contributed by atoms with E-state index in [-0.39, 0.29) is 11.6 Å². The van der Waals surface area contributed by atoms with Crippen molar-refractivity contribution in [3.63, 3.8) is 0 Å². The number of likely N-dealkylation sites (N-methyl/N-ethyl adjacent to an activating group) is 1. The van der Waals surface area contributed by atoms with Gasteiger partial charge in [-0.3, -0.25) is 19.3 Å². The third kappa shape index (κ3) is 4.76. The smallest absolute Gasteiger partial charge is 0.261 e. The average molecular weight is 379 g/mol. The van der Waals surface area contributed by atoms with Gasteiger partial charge in [-0.1, -0.05) is 25.8 Å². The molecule has 2 heterocycles. The summed E-state index contributed by atoms with van der Waals surface area (Å²) in [6.07, 6.45) is 3.83. The second kappa shape index (κ2) is 10.0. The lowest BCUT2D eigenvalue weighted by Gasteiger charge is -2.31. The SMILES string of the molecule is C/C=C\C(C#Cc1ccc2c(=O)n3c(nc2c1)CN(C)CC3C)=NCC.CC.